The normalized spacial score (nSPS) is 33.9. The third kappa shape index (κ3) is 2.85. The predicted octanol–water partition coefficient (Wildman–Crippen LogP) is 1.12. The summed E-state index contributed by atoms with van der Waals surface area (Å²) in [5.41, 5.74) is 0. The van der Waals surface area contributed by atoms with E-state index in [1.54, 1.807) is 16.7 Å². The average molecular weight is 313 g/mol. The second-order valence-electron chi connectivity index (χ2n) is 6.11. The summed E-state index contributed by atoms with van der Waals surface area (Å²) in [6.45, 7) is 5.45. The molecule has 0 spiro atoms. The van der Waals surface area contributed by atoms with Gasteiger partial charge in [-0.1, -0.05) is 6.42 Å². The zero-order valence-corrected chi connectivity index (χ0v) is 13.2. The van der Waals surface area contributed by atoms with Crippen LogP contribution in [-0.2, 0) is 4.79 Å². The fourth-order valence-electron chi connectivity index (χ4n) is 3.62. The van der Waals surface area contributed by atoms with Crippen molar-refractivity contribution in [2.24, 2.45) is 0 Å². The molecule has 0 aliphatic carbocycles. The van der Waals surface area contributed by atoms with Crippen LogP contribution in [0.1, 0.15) is 26.2 Å². The number of aliphatic carboxylic acids is 1. The molecule has 3 unspecified atom stereocenters. The molecular formula is C14H23N3O3S. The number of thioether (sulfide) groups is 1. The van der Waals surface area contributed by atoms with E-state index < -0.39 is 12.0 Å². The van der Waals surface area contributed by atoms with Crippen LogP contribution < -0.4 is 0 Å². The third-order valence-electron chi connectivity index (χ3n) is 4.84. The molecule has 7 heteroatoms. The van der Waals surface area contributed by atoms with Crippen LogP contribution in [0.2, 0.25) is 0 Å². The van der Waals surface area contributed by atoms with Crippen molar-refractivity contribution >= 4 is 23.8 Å². The molecule has 6 nitrogen and oxygen atoms in total. The summed E-state index contributed by atoms with van der Waals surface area (Å²) in [7, 11) is 0. The van der Waals surface area contributed by atoms with Crippen LogP contribution in [0.15, 0.2) is 0 Å². The molecule has 0 radical (unpaired) electrons. The van der Waals surface area contributed by atoms with Gasteiger partial charge < -0.3 is 10.0 Å². The Bertz CT molecular complexity index is 434. The van der Waals surface area contributed by atoms with E-state index in [1.165, 1.54) is 12.8 Å². The Hall–Kier alpha value is -0.950. The Balaban J connectivity index is 1.68. The predicted molar refractivity (Wildman–Crippen MR) is 81.4 cm³/mol. The highest BCUT2D eigenvalue weighted by molar-refractivity contribution is 8.00. The molecule has 3 atom stereocenters. The van der Waals surface area contributed by atoms with Gasteiger partial charge in [0.25, 0.3) is 0 Å². The van der Waals surface area contributed by atoms with Crippen molar-refractivity contribution in [3.63, 3.8) is 0 Å². The first-order valence-electron chi connectivity index (χ1n) is 7.73. The topological polar surface area (TPSA) is 64.1 Å². The highest BCUT2D eigenvalue weighted by Crippen LogP contribution is 2.31. The molecular weight excluding hydrogens is 290 g/mol. The van der Waals surface area contributed by atoms with Gasteiger partial charge in [-0.2, -0.15) is 0 Å². The smallest absolute Gasteiger partial charge is 0.327 e. The van der Waals surface area contributed by atoms with Gasteiger partial charge in [-0.3, -0.25) is 9.80 Å². The van der Waals surface area contributed by atoms with E-state index in [4.69, 9.17) is 0 Å². The monoisotopic (exact) mass is 313 g/mol. The summed E-state index contributed by atoms with van der Waals surface area (Å²) in [4.78, 5) is 30.0. The average Bonchev–Trinajstić information content (AvgIpc) is 2.88. The fraction of sp³-hybridized carbons (Fsp3) is 0.857. The molecule has 0 aromatic carbocycles. The standard InChI is InChI=1S/C14H23N3O3S/c1-10-17(12(9-21-10)13(18)19)14(20)16-7-6-15-5-3-2-4-11(15)8-16/h10-12H,2-9H2,1H3,(H,18,19). The summed E-state index contributed by atoms with van der Waals surface area (Å²) in [5.74, 6) is -0.400. The van der Waals surface area contributed by atoms with Gasteiger partial charge in [-0.25, -0.2) is 9.59 Å². The van der Waals surface area contributed by atoms with E-state index in [0.29, 0.717) is 11.8 Å². The lowest BCUT2D eigenvalue weighted by molar-refractivity contribution is -0.141. The van der Waals surface area contributed by atoms with Crippen LogP contribution in [0.5, 0.6) is 0 Å². The van der Waals surface area contributed by atoms with Crippen molar-refractivity contribution < 1.29 is 14.7 Å². The summed E-state index contributed by atoms with van der Waals surface area (Å²) in [6, 6.07) is -0.308. The lowest BCUT2D eigenvalue weighted by Gasteiger charge is -2.45. The van der Waals surface area contributed by atoms with E-state index in [9.17, 15) is 14.7 Å². The summed E-state index contributed by atoms with van der Waals surface area (Å²) in [6.07, 6.45) is 3.64. The largest absolute Gasteiger partial charge is 0.480 e. The third-order valence-corrected chi connectivity index (χ3v) is 6.05. The Kier molecular flexibility index (Phi) is 4.31. The Morgan fingerprint density at radius 1 is 1.19 bits per heavy atom. The van der Waals surface area contributed by atoms with Gasteiger partial charge in [0.15, 0.2) is 0 Å². The van der Waals surface area contributed by atoms with Crippen LogP contribution in [0, 0.1) is 0 Å². The van der Waals surface area contributed by atoms with Gasteiger partial charge >= 0.3 is 12.0 Å². The van der Waals surface area contributed by atoms with Gasteiger partial charge in [-0.05, 0) is 26.3 Å². The van der Waals surface area contributed by atoms with Crippen molar-refractivity contribution in [2.75, 3.05) is 31.9 Å². The molecule has 3 heterocycles. The van der Waals surface area contributed by atoms with Crippen LogP contribution in [-0.4, -0.2) is 81.2 Å². The first-order chi connectivity index (χ1) is 10.1. The molecule has 3 aliphatic heterocycles. The van der Waals surface area contributed by atoms with Crippen molar-refractivity contribution in [3.8, 4) is 0 Å². The molecule has 0 bridgehead atoms. The quantitative estimate of drug-likeness (QED) is 0.786. The summed E-state index contributed by atoms with van der Waals surface area (Å²) >= 11 is 1.54. The Morgan fingerprint density at radius 2 is 2.00 bits per heavy atom. The first-order valence-corrected chi connectivity index (χ1v) is 8.78. The number of carbonyl (C=O) groups excluding carboxylic acids is 1. The molecule has 3 fully saturated rings. The molecule has 21 heavy (non-hydrogen) atoms. The maximum Gasteiger partial charge on any atom is 0.327 e. The molecule has 1 N–H and O–H groups in total. The second-order valence-corrected chi connectivity index (χ2v) is 7.46. The van der Waals surface area contributed by atoms with Crippen molar-refractivity contribution in [1.82, 2.24) is 14.7 Å². The van der Waals surface area contributed by atoms with Crippen molar-refractivity contribution in [3.05, 3.63) is 0 Å². The minimum atomic E-state index is -0.892. The molecule has 2 amide bonds. The molecule has 3 rings (SSSR count). The van der Waals surface area contributed by atoms with Crippen LogP contribution in [0.25, 0.3) is 0 Å². The number of nitrogens with zero attached hydrogens (tertiary/aromatic N) is 3. The number of rotatable bonds is 1. The number of hydrogen-bond acceptors (Lipinski definition) is 4. The highest BCUT2D eigenvalue weighted by Gasteiger charge is 2.42. The maximum absolute atomic E-state index is 12.8. The van der Waals surface area contributed by atoms with E-state index in [2.05, 4.69) is 4.90 Å². The number of hydrogen-bond donors (Lipinski definition) is 1. The number of urea groups is 1. The lowest BCUT2D eigenvalue weighted by Crippen LogP contribution is -2.60. The molecule has 0 aromatic rings. The van der Waals surface area contributed by atoms with Crippen LogP contribution in [0.3, 0.4) is 0 Å². The summed E-state index contributed by atoms with van der Waals surface area (Å²) in [5, 5.41) is 9.25. The van der Waals surface area contributed by atoms with Gasteiger partial charge in [0.1, 0.15) is 6.04 Å². The SMILES string of the molecule is CC1SCC(C(=O)O)N1C(=O)N1CCN2CCCCC2C1. The van der Waals surface area contributed by atoms with E-state index in [0.717, 1.165) is 32.6 Å². The molecule has 0 saturated carbocycles. The minimum absolute atomic E-state index is 0.0528. The molecule has 3 saturated heterocycles. The first kappa shape index (κ1) is 15.0. The minimum Gasteiger partial charge on any atom is -0.480 e. The van der Waals surface area contributed by atoms with E-state index >= 15 is 0 Å². The van der Waals surface area contributed by atoms with Crippen LogP contribution >= 0.6 is 11.8 Å². The maximum atomic E-state index is 12.8. The number of carboxylic acid groups (broad SMARTS) is 1. The van der Waals surface area contributed by atoms with Crippen molar-refractivity contribution in [1.29, 1.82) is 0 Å². The zero-order valence-electron chi connectivity index (χ0n) is 12.4. The van der Waals surface area contributed by atoms with Gasteiger partial charge in [0.2, 0.25) is 0 Å². The second kappa shape index (κ2) is 6.04. The number of carbonyl (C=O) groups is 2. The molecule has 3 aliphatic rings. The van der Waals surface area contributed by atoms with E-state index in [-0.39, 0.29) is 11.4 Å². The number of carboxylic acids is 1. The summed E-state index contributed by atoms with van der Waals surface area (Å²) < 4.78 is 0. The molecule has 0 aromatic heterocycles. The highest BCUT2D eigenvalue weighted by atomic mass is 32.2. The van der Waals surface area contributed by atoms with E-state index in [1.807, 2.05) is 11.8 Å². The van der Waals surface area contributed by atoms with Crippen LogP contribution in [0.4, 0.5) is 4.79 Å². The Labute approximate surface area is 129 Å². The number of amides is 2. The van der Waals surface area contributed by atoms with Crippen molar-refractivity contribution in [2.45, 2.75) is 43.6 Å². The number of fused-ring (bicyclic) bond motifs is 1. The Morgan fingerprint density at radius 3 is 2.76 bits per heavy atom. The zero-order chi connectivity index (χ0) is 15.0. The fourth-order valence-corrected chi connectivity index (χ4v) is 4.78. The van der Waals surface area contributed by atoms with Gasteiger partial charge in [0.05, 0.1) is 5.37 Å². The number of piperidine rings is 1. The lowest BCUT2D eigenvalue weighted by atomic mass is 10.00. The number of piperazine rings is 1. The van der Waals surface area contributed by atoms with Gasteiger partial charge in [-0.15, -0.1) is 11.8 Å². The molecule has 118 valence electrons. The van der Waals surface area contributed by atoms with Gasteiger partial charge in [0, 0.05) is 31.4 Å².